The van der Waals surface area contributed by atoms with E-state index in [4.69, 9.17) is 5.73 Å². The quantitative estimate of drug-likeness (QED) is 0.839. The third-order valence-corrected chi connectivity index (χ3v) is 4.01. The first kappa shape index (κ1) is 12.6. The summed E-state index contributed by atoms with van der Waals surface area (Å²) in [4.78, 5) is 6.62. The third kappa shape index (κ3) is 3.54. The van der Waals surface area contributed by atoms with Crippen molar-refractivity contribution in [2.75, 3.05) is 26.2 Å². The zero-order chi connectivity index (χ0) is 12.1. The number of piperidine rings is 1. The minimum absolute atomic E-state index is 0.390. The van der Waals surface area contributed by atoms with Gasteiger partial charge in [0.2, 0.25) is 0 Å². The standard InChI is InChI=1S/C13H24N4/c1-13(11-14)3-8-16(9-4-13)6-2-7-17-10-5-15-12-17/h5,10,12H,2-4,6-9,11,14H2,1H3. The van der Waals surface area contributed by atoms with Crippen molar-refractivity contribution in [2.45, 2.75) is 32.7 Å². The average Bonchev–Trinajstić information content (AvgIpc) is 2.85. The minimum Gasteiger partial charge on any atom is -0.337 e. The van der Waals surface area contributed by atoms with Crippen LogP contribution in [0.25, 0.3) is 0 Å². The summed E-state index contributed by atoms with van der Waals surface area (Å²) in [6.45, 7) is 7.82. The lowest BCUT2D eigenvalue weighted by atomic mass is 9.80. The van der Waals surface area contributed by atoms with Gasteiger partial charge in [0.1, 0.15) is 0 Å². The minimum atomic E-state index is 0.390. The molecule has 1 aliphatic rings. The Labute approximate surface area is 104 Å². The lowest BCUT2D eigenvalue weighted by molar-refractivity contribution is 0.122. The molecule has 0 spiro atoms. The second-order valence-corrected chi connectivity index (χ2v) is 5.51. The van der Waals surface area contributed by atoms with Crippen molar-refractivity contribution in [3.63, 3.8) is 0 Å². The first-order chi connectivity index (χ1) is 8.22. The molecule has 0 bridgehead atoms. The molecule has 0 unspecified atom stereocenters. The second-order valence-electron chi connectivity index (χ2n) is 5.51. The summed E-state index contributed by atoms with van der Waals surface area (Å²) in [6, 6.07) is 0. The molecule has 0 amide bonds. The number of aromatic nitrogens is 2. The zero-order valence-electron chi connectivity index (χ0n) is 10.8. The molecule has 0 radical (unpaired) electrons. The van der Waals surface area contributed by atoms with Crippen LogP contribution in [0.15, 0.2) is 18.7 Å². The van der Waals surface area contributed by atoms with Crippen LogP contribution in [0.2, 0.25) is 0 Å². The first-order valence-electron chi connectivity index (χ1n) is 6.60. The smallest absolute Gasteiger partial charge is 0.0945 e. The molecule has 2 heterocycles. The van der Waals surface area contributed by atoms with Gasteiger partial charge in [0.15, 0.2) is 0 Å². The van der Waals surface area contributed by atoms with Crippen LogP contribution in [-0.4, -0.2) is 40.6 Å². The van der Waals surface area contributed by atoms with Crippen LogP contribution in [0.5, 0.6) is 0 Å². The van der Waals surface area contributed by atoms with Crippen LogP contribution >= 0.6 is 0 Å². The summed E-state index contributed by atoms with van der Waals surface area (Å²) < 4.78 is 2.15. The number of imidazole rings is 1. The number of nitrogens with zero attached hydrogens (tertiary/aromatic N) is 3. The highest BCUT2D eigenvalue weighted by Crippen LogP contribution is 2.29. The molecule has 4 heteroatoms. The van der Waals surface area contributed by atoms with E-state index in [-0.39, 0.29) is 0 Å². The Kier molecular flexibility index (Phi) is 4.18. The van der Waals surface area contributed by atoms with Gasteiger partial charge in [-0.1, -0.05) is 6.92 Å². The van der Waals surface area contributed by atoms with E-state index in [9.17, 15) is 0 Å². The molecule has 0 atom stereocenters. The summed E-state index contributed by atoms with van der Waals surface area (Å²) in [7, 11) is 0. The lowest BCUT2D eigenvalue weighted by Gasteiger charge is -2.38. The fourth-order valence-electron chi connectivity index (χ4n) is 2.42. The molecule has 1 fully saturated rings. The fourth-order valence-corrected chi connectivity index (χ4v) is 2.42. The highest BCUT2D eigenvalue weighted by atomic mass is 15.1. The van der Waals surface area contributed by atoms with Gasteiger partial charge in [0, 0.05) is 18.9 Å². The van der Waals surface area contributed by atoms with Crippen molar-refractivity contribution in [2.24, 2.45) is 11.1 Å². The summed E-state index contributed by atoms with van der Waals surface area (Å²) in [6.07, 6.45) is 9.45. The summed E-state index contributed by atoms with van der Waals surface area (Å²) >= 11 is 0. The van der Waals surface area contributed by atoms with Gasteiger partial charge in [-0.3, -0.25) is 0 Å². The van der Waals surface area contributed by atoms with Crippen molar-refractivity contribution in [1.29, 1.82) is 0 Å². The third-order valence-electron chi connectivity index (χ3n) is 4.01. The van der Waals surface area contributed by atoms with Gasteiger partial charge in [-0.15, -0.1) is 0 Å². The molecular weight excluding hydrogens is 212 g/mol. The Balaban J connectivity index is 1.65. The Morgan fingerprint density at radius 2 is 2.06 bits per heavy atom. The van der Waals surface area contributed by atoms with Crippen molar-refractivity contribution < 1.29 is 0 Å². The molecule has 2 N–H and O–H groups in total. The van der Waals surface area contributed by atoms with Gasteiger partial charge in [-0.25, -0.2) is 4.98 Å². The van der Waals surface area contributed by atoms with E-state index in [1.165, 1.54) is 38.9 Å². The van der Waals surface area contributed by atoms with Crippen LogP contribution in [0.3, 0.4) is 0 Å². The Hall–Kier alpha value is -0.870. The van der Waals surface area contributed by atoms with E-state index in [0.29, 0.717) is 5.41 Å². The van der Waals surface area contributed by atoms with Crippen LogP contribution < -0.4 is 5.73 Å². The van der Waals surface area contributed by atoms with Gasteiger partial charge in [-0.05, 0) is 50.9 Å². The van der Waals surface area contributed by atoms with E-state index in [2.05, 4.69) is 21.4 Å². The van der Waals surface area contributed by atoms with Crippen LogP contribution in [0.1, 0.15) is 26.2 Å². The molecule has 1 aromatic heterocycles. The molecule has 4 nitrogen and oxygen atoms in total. The number of nitrogens with two attached hydrogens (primary N) is 1. The van der Waals surface area contributed by atoms with Gasteiger partial charge < -0.3 is 15.2 Å². The molecule has 1 aliphatic heterocycles. The van der Waals surface area contributed by atoms with Gasteiger partial charge in [0.25, 0.3) is 0 Å². The van der Waals surface area contributed by atoms with Gasteiger partial charge in [0.05, 0.1) is 6.33 Å². The monoisotopic (exact) mass is 236 g/mol. The van der Waals surface area contributed by atoms with Crippen LogP contribution in [-0.2, 0) is 6.54 Å². The summed E-state index contributed by atoms with van der Waals surface area (Å²) in [5.74, 6) is 0. The second kappa shape index (κ2) is 5.65. The molecule has 0 saturated carbocycles. The highest BCUT2D eigenvalue weighted by Gasteiger charge is 2.28. The molecule has 2 rings (SSSR count). The SMILES string of the molecule is CC1(CN)CCN(CCCn2ccnc2)CC1. The maximum Gasteiger partial charge on any atom is 0.0945 e. The van der Waals surface area contributed by atoms with Crippen molar-refractivity contribution in [1.82, 2.24) is 14.5 Å². The summed E-state index contributed by atoms with van der Waals surface area (Å²) in [5.41, 5.74) is 6.21. The summed E-state index contributed by atoms with van der Waals surface area (Å²) in [5, 5.41) is 0. The van der Waals surface area contributed by atoms with E-state index in [0.717, 1.165) is 13.1 Å². The molecule has 0 aliphatic carbocycles. The molecule has 96 valence electrons. The normalized spacial score (nSPS) is 20.6. The first-order valence-corrected chi connectivity index (χ1v) is 6.60. The van der Waals surface area contributed by atoms with E-state index in [1.807, 2.05) is 18.7 Å². The van der Waals surface area contributed by atoms with Gasteiger partial charge in [-0.2, -0.15) is 0 Å². The molecule has 17 heavy (non-hydrogen) atoms. The topological polar surface area (TPSA) is 47.1 Å². The van der Waals surface area contributed by atoms with Crippen molar-refractivity contribution in [3.05, 3.63) is 18.7 Å². The lowest BCUT2D eigenvalue weighted by Crippen LogP contribution is -2.42. The predicted molar refractivity (Wildman–Crippen MR) is 69.7 cm³/mol. The number of likely N-dealkylation sites (tertiary alicyclic amines) is 1. The van der Waals surface area contributed by atoms with Gasteiger partial charge >= 0.3 is 0 Å². The fraction of sp³-hybridized carbons (Fsp3) is 0.769. The molecular formula is C13H24N4. The van der Waals surface area contributed by atoms with E-state index < -0.39 is 0 Å². The van der Waals surface area contributed by atoms with E-state index >= 15 is 0 Å². The molecule has 1 aromatic rings. The van der Waals surface area contributed by atoms with Crippen molar-refractivity contribution >= 4 is 0 Å². The maximum absolute atomic E-state index is 5.82. The van der Waals surface area contributed by atoms with Crippen LogP contribution in [0, 0.1) is 5.41 Å². The average molecular weight is 236 g/mol. The molecule has 0 aromatic carbocycles. The number of hydrogen-bond donors (Lipinski definition) is 1. The Bertz CT molecular complexity index is 312. The largest absolute Gasteiger partial charge is 0.337 e. The zero-order valence-corrected chi connectivity index (χ0v) is 10.8. The predicted octanol–water partition coefficient (Wildman–Crippen LogP) is 1.33. The Morgan fingerprint density at radius 3 is 2.65 bits per heavy atom. The molecule has 1 saturated heterocycles. The number of rotatable bonds is 5. The maximum atomic E-state index is 5.82. The number of aryl methyl sites for hydroxylation is 1. The van der Waals surface area contributed by atoms with Crippen LogP contribution in [0.4, 0.5) is 0 Å². The highest BCUT2D eigenvalue weighted by molar-refractivity contribution is 4.83. The Morgan fingerprint density at radius 1 is 1.29 bits per heavy atom. The number of hydrogen-bond acceptors (Lipinski definition) is 3. The van der Waals surface area contributed by atoms with Crippen molar-refractivity contribution in [3.8, 4) is 0 Å². The van der Waals surface area contributed by atoms with E-state index in [1.54, 1.807) is 0 Å².